The lowest BCUT2D eigenvalue weighted by Gasteiger charge is -2.48. The van der Waals surface area contributed by atoms with Crippen LogP contribution in [0.2, 0.25) is 0 Å². The number of carbonyl (C=O) groups is 5. The van der Waals surface area contributed by atoms with Gasteiger partial charge in [0.1, 0.15) is 11.3 Å². The van der Waals surface area contributed by atoms with Gasteiger partial charge in [0.25, 0.3) is 11.8 Å². The highest BCUT2D eigenvalue weighted by molar-refractivity contribution is 6.10. The number of nitrogens with zero attached hydrogens (tertiary/aromatic N) is 10. The number of rotatable bonds is 11. The molecule has 398 valence electrons. The molecule has 6 aromatic rings. The second kappa shape index (κ2) is 20.4. The van der Waals surface area contributed by atoms with Gasteiger partial charge in [0.15, 0.2) is 11.6 Å². The van der Waals surface area contributed by atoms with Gasteiger partial charge in [0, 0.05) is 98.6 Å². The van der Waals surface area contributed by atoms with Crippen molar-refractivity contribution in [3.05, 3.63) is 120 Å². The molecule has 0 bridgehead atoms. The highest BCUT2D eigenvalue weighted by Crippen LogP contribution is 2.52. The predicted octanol–water partition coefficient (Wildman–Crippen LogP) is 8.15. The van der Waals surface area contributed by atoms with Crippen molar-refractivity contribution in [3.63, 3.8) is 0 Å². The number of hydrogen-bond donors (Lipinski definition) is 2. The number of imide groups is 1. The minimum atomic E-state index is -0.794. The number of pyridine rings is 3. The number of halogens is 1. The Kier molecular flexibility index (Phi) is 13.3. The number of amides is 5. The van der Waals surface area contributed by atoms with E-state index in [0.29, 0.717) is 86.1 Å². The Labute approximate surface area is 447 Å². The van der Waals surface area contributed by atoms with Crippen LogP contribution in [0.3, 0.4) is 0 Å². The van der Waals surface area contributed by atoms with E-state index >= 15 is 9.18 Å². The molecule has 18 heteroatoms. The number of carbonyl (C=O) groups excluding carboxylic acids is 5. The second-order valence-corrected chi connectivity index (χ2v) is 22.3. The highest BCUT2D eigenvalue weighted by Gasteiger charge is 2.56. The summed E-state index contributed by atoms with van der Waals surface area (Å²) in [4.78, 5) is 96.3. The summed E-state index contributed by atoms with van der Waals surface area (Å²) in [5.41, 5.74) is 6.08. The van der Waals surface area contributed by atoms with Crippen molar-refractivity contribution < 1.29 is 28.4 Å². The maximum absolute atomic E-state index is 15.3. The fraction of sp³-hybridized carbons (Fsp3) is 0.441. The molecule has 5 aliphatic heterocycles. The molecule has 0 radical (unpaired) electrons. The lowest BCUT2D eigenvalue weighted by atomic mass is 9.73. The van der Waals surface area contributed by atoms with Crippen molar-refractivity contribution in [2.45, 2.75) is 120 Å². The van der Waals surface area contributed by atoms with E-state index in [2.05, 4.69) is 61.3 Å². The molecule has 9 heterocycles. The van der Waals surface area contributed by atoms with Crippen molar-refractivity contribution in [2.75, 3.05) is 61.4 Å². The third-order valence-corrected chi connectivity index (χ3v) is 17.5. The summed E-state index contributed by atoms with van der Waals surface area (Å²) in [5.74, 6) is -0.261. The molecule has 2 aromatic carbocycles. The molecule has 6 aliphatic rings. The Morgan fingerprint density at radius 2 is 1.52 bits per heavy atom. The first-order valence-corrected chi connectivity index (χ1v) is 27.5. The molecule has 1 aliphatic carbocycles. The van der Waals surface area contributed by atoms with E-state index in [1.54, 1.807) is 42.9 Å². The lowest BCUT2D eigenvalue weighted by Crippen LogP contribution is -2.58. The van der Waals surface area contributed by atoms with Crippen molar-refractivity contribution in [1.82, 2.24) is 44.5 Å². The molecule has 1 spiro atoms. The minimum Gasteiger partial charge on any atom is -0.357 e. The zero-order valence-corrected chi connectivity index (χ0v) is 44.0. The van der Waals surface area contributed by atoms with E-state index in [1.165, 1.54) is 31.7 Å². The van der Waals surface area contributed by atoms with Crippen LogP contribution in [0.15, 0.2) is 91.6 Å². The molecule has 12 rings (SSSR count). The first-order chi connectivity index (χ1) is 37.3. The smallest absolute Gasteiger partial charge is 0.253 e. The predicted molar refractivity (Wildman–Crippen MR) is 290 cm³/mol. The molecular formula is C59H65FN12O5. The van der Waals surface area contributed by atoms with Gasteiger partial charge in [-0.2, -0.15) is 0 Å². The Hall–Kier alpha value is -7.60. The van der Waals surface area contributed by atoms with Gasteiger partial charge in [-0.05, 0) is 144 Å². The van der Waals surface area contributed by atoms with Gasteiger partial charge in [0.05, 0.1) is 40.8 Å². The quantitative estimate of drug-likeness (QED) is 0.119. The summed E-state index contributed by atoms with van der Waals surface area (Å²) in [5, 5.41) is 5.65. The van der Waals surface area contributed by atoms with E-state index < -0.39 is 11.2 Å². The van der Waals surface area contributed by atoms with Crippen LogP contribution in [-0.2, 0) is 19.8 Å². The Balaban J connectivity index is 0.730. The van der Waals surface area contributed by atoms with Crippen molar-refractivity contribution in [3.8, 4) is 11.3 Å². The van der Waals surface area contributed by atoms with Crippen LogP contribution in [0, 0.1) is 5.82 Å². The molecular weight excluding hydrogens is 976 g/mol. The van der Waals surface area contributed by atoms with Crippen molar-refractivity contribution in [1.29, 1.82) is 0 Å². The molecule has 1 saturated carbocycles. The average molecular weight is 1040 g/mol. The summed E-state index contributed by atoms with van der Waals surface area (Å²) >= 11 is 0. The lowest BCUT2D eigenvalue weighted by molar-refractivity contribution is -0.134. The van der Waals surface area contributed by atoms with Crippen LogP contribution in [0.4, 0.5) is 27.4 Å². The SMILES string of the molecule is CC(C)n1cnc2cc(-c3ccc4c(c3)N(C3CC(N5CCCCC5)C3)C(=O)C43CCN(C(=O)c4ccc(C(=O)N5CCC(N(C)c6ccc(C7CCC(=O)NC7=O)cn6)CC5)cc4)CC3)nc(Nc3ccncc3F)c21. The summed E-state index contributed by atoms with van der Waals surface area (Å²) < 4.78 is 17.1. The maximum atomic E-state index is 15.3. The number of nitrogens with one attached hydrogen (secondary N) is 2. The van der Waals surface area contributed by atoms with Crippen LogP contribution >= 0.6 is 0 Å². The third kappa shape index (κ3) is 9.27. The topological polar surface area (TPSA) is 182 Å². The van der Waals surface area contributed by atoms with Gasteiger partial charge in [0.2, 0.25) is 17.7 Å². The number of fused-ring (bicyclic) bond motifs is 3. The van der Waals surface area contributed by atoms with Gasteiger partial charge in [-0.1, -0.05) is 24.6 Å². The summed E-state index contributed by atoms with van der Waals surface area (Å²) in [6.07, 6.45) is 15.0. The van der Waals surface area contributed by atoms with Crippen LogP contribution in [0.1, 0.15) is 128 Å². The molecule has 17 nitrogen and oxygen atoms in total. The van der Waals surface area contributed by atoms with Gasteiger partial charge in [-0.25, -0.2) is 19.3 Å². The van der Waals surface area contributed by atoms with Crippen LogP contribution in [-0.4, -0.2) is 133 Å². The Morgan fingerprint density at radius 3 is 2.18 bits per heavy atom. The van der Waals surface area contributed by atoms with E-state index in [1.807, 2.05) is 45.7 Å². The number of aromatic nitrogens is 5. The molecule has 5 amide bonds. The number of anilines is 4. The fourth-order valence-corrected chi connectivity index (χ4v) is 12.9. The molecule has 2 N–H and O–H groups in total. The molecule has 5 fully saturated rings. The second-order valence-electron chi connectivity index (χ2n) is 22.3. The van der Waals surface area contributed by atoms with Crippen LogP contribution < -0.4 is 20.4 Å². The van der Waals surface area contributed by atoms with E-state index in [-0.39, 0.29) is 59.3 Å². The normalized spacial score (nSPS) is 21.9. The van der Waals surface area contributed by atoms with Crippen LogP contribution in [0.25, 0.3) is 22.3 Å². The summed E-state index contributed by atoms with van der Waals surface area (Å²) in [6.45, 7) is 8.29. The molecule has 4 saturated heterocycles. The molecule has 77 heavy (non-hydrogen) atoms. The van der Waals surface area contributed by atoms with Crippen molar-refractivity contribution >= 4 is 63.6 Å². The number of hydrogen-bond acceptors (Lipinski definition) is 12. The zero-order chi connectivity index (χ0) is 53.1. The van der Waals surface area contributed by atoms with Gasteiger partial charge < -0.3 is 34.4 Å². The van der Waals surface area contributed by atoms with Gasteiger partial charge >= 0.3 is 0 Å². The van der Waals surface area contributed by atoms with E-state index in [0.717, 1.165) is 72.5 Å². The third-order valence-electron chi connectivity index (χ3n) is 17.5. The Morgan fingerprint density at radius 1 is 0.805 bits per heavy atom. The number of benzene rings is 2. The summed E-state index contributed by atoms with van der Waals surface area (Å²) in [6, 6.07) is 21.3. The number of likely N-dealkylation sites (tertiary alicyclic amines) is 3. The first kappa shape index (κ1) is 50.2. The standard InChI is InChI=1S/C59H65FN12O5/c1-36(2)71-35-63-49-32-48(65-54(53(49)71)64-47-17-22-61-34-46(47)60)39-11-14-45-50(29-39)72(43-30-42(31-43)68-23-5-4-6-24-68)58(77)59(45)20-27-70(28-21-59)57(76)38-9-7-37(8-10-38)56(75)69-25-18-41(19-26-69)67(3)51-15-12-40(33-62-51)44-13-16-52(73)66-55(44)74/h7-12,14-15,17,22,29,32-36,41-44H,4-6,13,16,18-21,23-28,30-31H2,1-3H3,(H,61,64,65)(H,66,73,74). The first-order valence-electron chi connectivity index (χ1n) is 27.5. The molecule has 4 aromatic heterocycles. The summed E-state index contributed by atoms with van der Waals surface area (Å²) in [7, 11) is 2.00. The Bertz CT molecular complexity index is 3260. The van der Waals surface area contributed by atoms with Crippen molar-refractivity contribution in [2.24, 2.45) is 0 Å². The maximum Gasteiger partial charge on any atom is 0.253 e. The number of piperidine rings is 4. The zero-order valence-electron chi connectivity index (χ0n) is 44.0. The largest absolute Gasteiger partial charge is 0.357 e. The van der Waals surface area contributed by atoms with E-state index in [4.69, 9.17) is 9.97 Å². The fourth-order valence-electron chi connectivity index (χ4n) is 12.9. The minimum absolute atomic E-state index is 0.0517. The average Bonchev–Trinajstić information content (AvgIpc) is 4.20. The highest BCUT2D eigenvalue weighted by atomic mass is 19.1. The molecule has 1 unspecified atom stereocenters. The monoisotopic (exact) mass is 1040 g/mol. The van der Waals surface area contributed by atoms with Gasteiger partial charge in [-0.15, -0.1) is 0 Å². The molecule has 1 atom stereocenters. The van der Waals surface area contributed by atoms with Crippen LogP contribution in [0.5, 0.6) is 0 Å². The van der Waals surface area contributed by atoms with E-state index in [9.17, 15) is 19.2 Å². The van der Waals surface area contributed by atoms with Gasteiger partial charge in [-0.3, -0.25) is 34.3 Å². The number of imidazole rings is 1.